The van der Waals surface area contributed by atoms with Gasteiger partial charge in [0.15, 0.2) is 0 Å². The van der Waals surface area contributed by atoms with Crippen LogP contribution in [0.4, 0.5) is 0 Å². The molecule has 5 nitrogen and oxygen atoms in total. The second-order valence-corrected chi connectivity index (χ2v) is 8.03. The normalized spacial score (nSPS) is 27.2. The van der Waals surface area contributed by atoms with Gasteiger partial charge in [0.05, 0.1) is 17.4 Å². The SMILES string of the molecule is Cc1ccc(Cc2ccccc2O[C@H]2OC3(CC3)[C@@H](C=O)[C@H](C=O)[C@@H]2C=O)cc1. The first-order valence-electron chi connectivity index (χ1n) is 9.94. The summed E-state index contributed by atoms with van der Waals surface area (Å²) in [6.45, 7) is 2.05. The van der Waals surface area contributed by atoms with E-state index in [2.05, 4.69) is 24.3 Å². The predicted molar refractivity (Wildman–Crippen MR) is 107 cm³/mol. The van der Waals surface area contributed by atoms with Crippen LogP contribution in [0.3, 0.4) is 0 Å². The summed E-state index contributed by atoms with van der Waals surface area (Å²) in [5, 5.41) is 0. The zero-order valence-electron chi connectivity index (χ0n) is 16.3. The zero-order valence-corrected chi connectivity index (χ0v) is 16.3. The van der Waals surface area contributed by atoms with Crippen LogP contribution in [0.15, 0.2) is 48.5 Å². The Morgan fingerprint density at radius 3 is 2.28 bits per heavy atom. The van der Waals surface area contributed by atoms with Gasteiger partial charge in [0, 0.05) is 12.3 Å². The molecule has 0 N–H and O–H groups in total. The number of aldehydes is 3. The summed E-state index contributed by atoms with van der Waals surface area (Å²) in [5.41, 5.74) is 2.63. The molecule has 4 rings (SSSR count). The van der Waals surface area contributed by atoms with Gasteiger partial charge in [-0.25, -0.2) is 0 Å². The first-order chi connectivity index (χ1) is 14.1. The fourth-order valence-corrected chi connectivity index (χ4v) is 4.20. The van der Waals surface area contributed by atoms with E-state index in [1.165, 1.54) is 5.56 Å². The molecule has 0 unspecified atom stereocenters. The second kappa shape index (κ2) is 7.91. The molecule has 2 fully saturated rings. The monoisotopic (exact) mass is 392 g/mol. The Hall–Kier alpha value is -2.79. The molecule has 0 bridgehead atoms. The molecule has 2 aromatic rings. The highest BCUT2D eigenvalue weighted by atomic mass is 16.7. The maximum absolute atomic E-state index is 11.8. The van der Waals surface area contributed by atoms with E-state index in [9.17, 15) is 14.4 Å². The highest BCUT2D eigenvalue weighted by Gasteiger charge is 2.61. The molecule has 1 heterocycles. The van der Waals surface area contributed by atoms with E-state index in [4.69, 9.17) is 9.47 Å². The van der Waals surface area contributed by atoms with Crippen molar-refractivity contribution in [1.82, 2.24) is 0 Å². The lowest BCUT2D eigenvalue weighted by Crippen LogP contribution is -2.53. The number of carbonyl (C=O) groups excluding carboxylic acids is 3. The molecule has 2 aliphatic rings. The molecule has 5 heteroatoms. The largest absolute Gasteiger partial charge is 0.464 e. The fraction of sp³-hybridized carbons (Fsp3) is 0.375. The highest BCUT2D eigenvalue weighted by Crippen LogP contribution is 2.54. The lowest BCUT2D eigenvalue weighted by Gasteiger charge is -2.41. The minimum Gasteiger partial charge on any atom is -0.464 e. The van der Waals surface area contributed by atoms with Gasteiger partial charge in [-0.05, 0) is 37.0 Å². The van der Waals surface area contributed by atoms with Crippen LogP contribution >= 0.6 is 0 Å². The maximum Gasteiger partial charge on any atom is 0.210 e. The molecular formula is C24H24O5. The van der Waals surface area contributed by atoms with Crippen LogP contribution in [0, 0.1) is 24.7 Å². The summed E-state index contributed by atoms with van der Waals surface area (Å²) < 4.78 is 12.3. The van der Waals surface area contributed by atoms with Crippen LogP contribution in [-0.2, 0) is 25.5 Å². The first kappa shape index (κ1) is 19.5. The summed E-state index contributed by atoms with van der Waals surface area (Å²) in [7, 11) is 0. The van der Waals surface area contributed by atoms with Crippen molar-refractivity contribution in [1.29, 1.82) is 0 Å². The molecule has 29 heavy (non-hydrogen) atoms. The average molecular weight is 392 g/mol. The molecule has 150 valence electrons. The topological polar surface area (TPSA) is 69.7 Å². The van der Waals surface area contributed by atoms with Gasteiger partial charge in [-0.2, -0.15) is 0 Å². The molecule has 1 spiro atoms. The maximum atomic E-state index is 11.8. The van der Waals surface area contributed by atoms with Crippen LogP contribution in [0.2, 0.25) is 0 Å². The molecule has 1 saturated carbocycles. The van der Waals surface area contributed by atoms with Gasteiger partial charge in [-0.15, -0.1) is 0 Å². The Morgan fingerprint density at radius 1 is 0.966 bits per heavy atom. The van der Waals surface area contributed by atoms with Crippen molar-refractivity contribution in [3.63, 3.8) is 0 Å². The lowest BCUT2D eigenvalue weighted by atomic mass is 9.76. The highest BCUT2D eigenvalue weighted by molar-refractivity contribution is 5.73. The quantitative estimate of drug-likeness (QED) is 0.676. The number of para-hydroxylation sites is 1. The molecule has 0 aromatic heterocycles. The number of hydrogen-bond donors (Lipinski definition) is 0. The Labute approximate surface area is 170 Å². The molecule has 0 amide bonds. The molecule has 2 aromatic carbocycles. The van der Waals surface area contributed by atoms with Crippen molar-refractivity contribution in [2.24, 2.45) is 17.8 Å². The minimum absolute atomic E-state index is 0.599. The van der Waals surface area contributed by atoms with Crippen LogP contribution in [0.5, 0.6) is 5.75 Å². The van der Waals surface area contributed by atoms with Crippen LogP contribution in [0.1, 0.15) is 29.5 Å². The molecule has 1 aliphatic carbocycles. The van der Waals surface area contributed by atoms with Crippen LogP contribution < -0.4 is 4.74 Å². The Kier molecular flexibility index (Phi) is 5.33. The summed E-state index contributed by atoms with van der Waals surface area (Å²) >= 11 is 0. The van der Waals surface area contributed by atoms with Gasteiger partial charge in [0.1, 0.15) is 24.6 Å². The Morgan fingerprint density at radius 2 is 1.66 bits per heavy atom. The summed E-state index contributed by atoms with van der Waals surface area (Å²) in [5.74, 6) is -1.52. The number of carbonyl (C=O) groups is 3. The molecular weight excluding hydrogens is 368 g/mol. The van der Waals surface area contributed by atoms with Gasteiger partial charge >= 0.3 is 0 Å². The van der Waals surface area contributed by atoms with Gasteiger partial charge in [0.25, 0.3) is 0 Å². The zero-order chi connectivity index (χ0) is 20.4. The van der Waals surface area contributed by atoms with Gasteiger partial charge in [0.2, 0.25) is 6.29 Å². The predicted octanol–water partition coefficient (Wildman–Crippen LogP) is 3.30. The van der Waals surface area contributed by atoms with Gasteiger partial charge in [-0.1, -0.05) is 48.0 Å². The van der Waals surface area contributed by atoms with Crippen LogP contribution in [0.25, 0.3) is 0 Å². The van der Waals surface area contributed by atoms with Gasteiger partial charge < -0.3 is 23.9 Å². The lowest BCUT2D eigenvalue weighted by molar-refractivity contribution is -0.218. The Bertz CT molecular complexity index is 900. The third kappa shape index (κ3) is 3.75. The minimum atomic E-state index is -0.888. The van der Waals surface area contributed by atoms with E-state index in [0.29, 0.717) is 37.6 Å². The number of ether oxygens (including phenoxy) is 2. The first-order valence-corrected chi connectivity index (χ1v) is 9.94. The van der Waals surface area contributed by atoms with E-state index < -0.39 is 29.6 Å². The van der Waals surface area contributed by atoms with Crippen molar-refractivity contribution >= 4 is 18.9 Å². The molecule has 4 atom stereocenters. The average Bonchev–Trinajstić information content (AvgIpc) is 3.50. The van der Waals surface area contributed by atoms with Crippen molar-refractivity contribution in [2.75, 3.05) is 0 Å². The fourth-order valence-electron chi connectivity index (χ4n) is 4.20. The van der Waals surface area contributed by atoms with E-state index in [1.807, 2.05) is 31.2 Å². The van der Waals surface area contributed by atoms with E-state index in [-0.39, 0.29) is 0 Å². The third-order valence-corrected chi connectivity index (χ3v) is 6.07. The molecule has 1 aliphatic heterocycles. The van der Waals surface area contributed by atoms with E-state index >= 15 is 0 Å². The van der Waals surface area contributed by atoms with Crippen molar-refractivity contribution in [3.8, 4) is 5.75 Å². The standard InChI is InChI=1S/C24H24O5/c1-16-6-8-17(9-7-16)12-18-4-2-3-5-22(18)28-23-20(14-26)19(13-25)21(15-27)24(29-23)10-11-24/h2-9,13-15,19-21,23H,10-12H2,1H3/t19-,20+,21+,23+/m1/s1. The number of rotatable bonds is 7. The van der Waals surface area contributed by atoms with E-state index in [0.717, 1.165) is 17.4 Å². The number of hydrogen-bond acceptors (Lipinski definition) is 5. The molecule has 0 radical (unpaired) electrons. The number of aryl methyl sites for hydroxylation is 1. The Balaban J connectivity index is 1.60. The summed E-state index contributed by atoms with van der Waals surface area (Å²) in [6, 6.07) is 15.9. The van der Waals surface area contributed by atoms with Crippen LogP contribution in [-0.4, -0.2) is 30.7 Å². The smallest absolute Gasteiger partial charge is 0.210 e. The number of benzene rings is 2. The second-order valence-electron chi connectivity index (χ2n) is 8.03. The van der Waals surface area contributed by atoms with Crippen molar-refractivity contribution in [3.05, 3.63) is 65.2 Å². The summed E-state index contributed by atoms with van der Waals surface area (Å²) in [6.07, 6.45) is 3.31. The van der Waals surface area contributed by atoms with Crippen molar-refractivity contribution in [2.45, 2.75) is 38.1 Å². The molecule has 1 saturated heterocycles. The summed E-state index contributed by atoms with van der Waals surface area (Å²) in [4.78, 5) is 35.1. The van der Waals surface area contributed by atoms with Crippen molar-refractivity contribution < 1.29 is 23.9 Å². The van der Waals surface area contributed by atoms with E-state index in [1.54, 1.807) is 0 Å². The third-order valence-electron chi connectivity index (χ3n) is 6.07. The van der Waals surface area contributed by atoms with Gasteiger partial charge in [-0.3, -0.25) is 0 Å².